The van der Waals surface area contributed by atoms with E-state index < -0.39 is 0 Å². The molecule has 0 unspecified atom stereocenters. The van der Waals surface area contributed by atoms with Crippen LogP contribution in [0.3, 0.4) is 0 Å². The van der Waals surface area contributed by atoms with Crippen molar-refractivity contribution in [2.24, 2.45) is 0 Å². The molecule has 0 bridgehead atoms. The molecule has 0 aromatic heterocycles. The molecule has 4 aromatic rings. The highest BCUT2D eigenvalue weighted by Gasteiger charge is 2.29. The van der Waals surface area contributed by atoms with Crippen molar-refractivity contribution in [3.63, 3.8) is 0 Å². The SMILES string of the molecule is Cc1cccc(CN2C(=O)C(=Cc3ccc(C(=O)N4CCN(c5cccc(C)c5C)CC4)cc3)Sc3ccccc32)c1. The molecule has 0 aliphatic carbocycles. The van der Waals surface area contributed by atoms with Gasteiger partial charge in [0, 0.05) is 42.3 Å². The first-order chi connectivity index (χ1) is 20.4. The highest BCUT2D eigenvalue weighted by atomic mass is 32.2. The number of anilines is 2. The lowest BCUT2D eigenvalue weighted by atomic mass is 10.1. The number of aryl methyl sites for hydroxylation is 2. The molecule has 5 nitrogen and oxygen atoms in total. The van der Waals surface area contributed by atoms with Gasteiger partial charge >= 0.3 is 0 Å². The summed E-state index contributed by atoms with van der Waals surface area (Å²) >= 11 is 1.50. The summed E-state index contributed by atoms with van der Waals surface area (Å²) in [7, 11) is 0. The second-order valence-corrected chi connectivity index (χ2v) is 12.2. The van der Waals surface area contributed by atoms with Crippen LogP contribution in [0, 0.1) is 20.8 Å². The summed E-state index contributed by atoms with van der Waals surface area (Å²) in [6.07, 6.45) is 1.93. The van der Waals surface area contributed by atoms with Gasteiger partial charge in [0.1, 0.15) is 0 Å². The number of fused-ring (bicyclic) bond motifs is 1. The Balaban J connectivity index is 1.16. The van der Waals surface area contributed by atoms with E-state index in [2.05, 4.69) is 68.1 Å². The van der Waals surface area contributed by atoms with E-state index in [0.29, 0.717) is 30.1 Å². The summed E-state index contributed by atoms with van der Waals surface area (Å²) in [5.74, 6) is 0.0401. The molecule has 2 heterocycles. The summed E-state index contributed by atoms with van der Waals surface area (Å²) in [5, 5.41) is 0. The number of hydrogen-bond acceptors (Lipinski definition) is 4. The maximum atomic E-state index is 13.7. The molecule has 1 saturated heterocycles. The molecule has 42 heavy (non-hydrogen) atoms. The van der Waals surface area contributed by atoms with Gasteiger partial charge in [-0.3, -0.25) is 9.59 Å². The van der Waals surface area contributed by atoms with Crippen molar-refractivity contribution < 1.29 is 9.59 Å². The van der Waals surface area contributed by atoms with Crippen molar-refractivity contribution in [1.82, 2.24) is 4.90 Å². The fourth-order valence-corrected chi connectivity index (χ4v) is 6.76. The quantitative estimate of drug-likeness (QED) is 0.236. The first kappa shape index (κ1) is 27.9. The van der Waals surface area contributed by atoms with Crippen molar-refractivity contribution in [2.45, 2.75) is 32.2 Å². The molecule has 6 heteroatoms. The number of nitrogens with zero attached hydrogens (tertiary/aromatic N) is 3. The van der Waals surface area contributed by atoms with Gasteiger partial charge in [0.25, 0.3) is 11.8 Å². The van der Waals surface area contributed by atoms with Crippen LogP contribution < -0.4 is 9.80 Å². The first-order valence-electron chi connectivity index (χ1n) is 14.4. The third-order valence-electron chi connectivity index (χ3n) is 8.19. The van der Waals surface area contributed by atoms with Gasteiger partial charge in [-0.1, -0.05) is 78.0 Å². The molecule has 2 aliphatic rings. The smallest absolute Gasteiger partial charge is 0.265 e. The molecular formula is C36H35N3O2S. The van der Waals surface area contributed by atoms with Crippen molar-refractivity contribution in [1.29, 1.82) is 0 Å². The van der Waals surface area contributed by atoms with Crippen molar-refractivity contribution >= 4 is 41.0 Å². The molecule has 2 amide bonds. The maximum absolute atomic E-state index is 13.7. The molecule has 4 aromatic carbocycles. The zero-order valence-electron chi connectivity index (χ0n) is 24.3. The summed E-state index contributed by atoms with van der Waals surface area (Å²) in [6.45, 7) is 9.91. The van der Waals surface area contributed by atoms with Crippen molar-refractivity contribution in [3.8, 4) is 0 Å². The average Bonchev–Trinajstić information content (AvgIpc) is 3.01. The molecule has 0 radical (unpaired) electrons. The lowest BCUT2D eigenvalue weighted by molar-refractivity contribution is -0.114. The van der Waals surface area contributed by atoms with Crippen LogP contribution in [0.15, 0.2) is 101 Å². The summed E-state index contributed by atoms with van der Waals surface area (Å²) in [4.78, 5) is 34.9. The highest BCUT2D eigenvalue weighted by Crippen LogP contribution is 2.42. The van der Waals surface area contributed by atoms with Gasteiger partial charge in [0.2, 0.25) is 0 Å². The van der Waals surface area contributed by atoms with Crippen LogP contribution in [-0.4, -0.2) is 42.9 Å². The zero-order chi connectivity index (χ0) is 29.2. The van der Waals surface area contributed by atoms with Crippen molar-refractivity contribution in [2.75, 3.05) is 36.0 Å². The van der Waals surface area contributed by atoms with Crippen LogP contribution in [0.4, 0.5) is 11.4 Å². The van der Waals surface area contributed by atoms with Gasteiger partial charge < -0.3 is 14.7 Å². The molecule has 0 N–H and O–H groups in total. The van der Waals surface area contributed by atoms with E-state index in [-0.39, 0.29) is 11.8 Å². The maximum Gasteiger partial charge on any atom is 0.265 e. The number of piperazine rings is 1. The molecule has 1 fully saturated rings. The van der Waals surface area contributed by atoms with E-state index in [9.17, 15) is 9.59 Å². The van der Waals surface area contributed by atoms with Gasteiger partial charge in [-0.05, 0) is 79.4 Å². The van der Waals surface area contributed by atoms with Crippen LogP contribution in [0.5, 0.6) is 0 Å². The standard InChI is InChI=1S/C36H35N3O2S/c1-25-8-6-10-29(22-25)24-39-32-11-4-5-13-33(32)42-34(36(39)41)23-28-14-16-30(17-15-28)35(40)38-20-18-37(19-21-38)31-12-7-9-26(2)27(31)3/h4-17,22-23H,18-21,24H2,1-3H3. The second kappa shape index (κ2) is 11.9. The second-order valence-electron chi connectivity index (χ2n) is 11.1. The number of carbonyl (C=O) groups is 2. The van der Waals surface area contributed by atoms with Gasteiger partial charge in [-0.25, -0.2) is 0 Å². The number of hydrogen-bond donors (Lipinski definition) is 0. The van der Waals surface area contributed by atoms with E-state index in [1.165, 1.54) is 34.1 Å². The van der Waals surface area contributed by atoms with Crippen LogP contribution in [0.1, 0.15) is 38.2 Å². The van der Waals surface area contributed by atoms with Crippen LogP contribution in [0.25, 0.3) is 6.08 Å². The molecular weight excluding hydrogens is 538 g/mol. The minimum Gasteiger partial charge on any atom is -0.368 e. The van der Waals surface area contributed by atoms with Gasteiger partial charge in [0.15, 0.2) is 0 Å². The Morgan fingerprint density at radius 1 is 0.810 bits per heavy atom. The normalized spacial score (nSPS) is 16.1. The Labute approximate surface area is 252 Å². The molecule has 6 rings (SSSR count). The summed E-state index contributed by atoms with van der Waals surface area (Å²) in [5.41, 5.74) is 8.63. The fourth-order valence-electron chi connectivity index (χ4n) is 5.70. The molecule has 0 spiro atoms. The van der Waals surface area contributed by atoms with E-state index in [0.717, 1.165) is 34.8 Å². The van der Waals surface area contributed by atoms with E-state index in [1.807, 2.05) is 64.4 Å². The molecule has 0 atom stereocenters. The summed E-state index contributed by atoms with van der Waals surface area (Å²) < 4.78 is 0. The first-order valence-corrected chi connectivity index (χ1v) is 15.3. The number of thioether (sulfide) groups is 1. The highest BCUT2D eigenvalue weighted by molar-refractivity contribution is 8.04. The fraction of sp³-hybridized carbons (Fsp3) is 0.222. The van der Waals surface area contributed by atoms with Crippen LogP contribution in [-0.2, 0) is 11.3 Å². The summed E-state index contributed by atoms with van der Waals surface area (Å²) in [6, 6.07) is 30.4. The number of carbonyl (C=O) groups excluding carboxylic acids is 2. The van der Waals surface area contributed by atoms with Crippen LogP contribution >= 0.6 is 11.8 Å². The minimum absolute atomic E-state index is 0.0120. The molecule has 212 valence electrons. The zero-order valence-corrected chi connectivity index (χ0v) is 25.2. The largest absolute Gasteiger partial charge is 0.368 e. The third kappa shape index (κ3) is 5.72. The average molecular weight is 574 g/mol. The van der Waals surface area contributed by atoms with Gasteiger partial charge in [0.05, 0.1) is 17.1 Å². The lowest BCUT2D eigenvalue weighted by Gasteiger charge is -2.37. The van der Waals surface area contributed by atoms with Crippen molar-refractivity contribution in [3.05, 3.63) is 129 Å². The number of benzene rings is 4. The third-order valence-corrected chi connectivity index (χ3v) is 9.27. The van der Waals surface area contributed by atoms with E-state index >= 15 is 0 Å². The minimum atomic E-state index is -0.0120. The topological polar surface area (TPSA) is 43.9 Å². The predicted octanol–water partition coefficient (Wildman–Crippen LogP) is 7.25. The van der Waals surface area contributed by atoms with E-state index in [4.69, 9.17) is 0 Å². The Morgan fingerprint density at radius 3 is 2.29 bits per heavy atom. The van der Waals surface area contributed by atoms with Crippen LogP contribution in [0.2, 0.25) is 0 Å². The number of amides is 2. The monoisotopic (exact) mass is 573 g/mol. The molecule has 0 saturated carbocycles. The number of rotatable bonds is 5. The van der Waals surface area contributed by atoms with E-state index in [1.54, 1.807) is 0 Å². The lowest BCUT2D eigenvalue weighted by Crippen LogP contribution is -2.49. The van der Waals surface area contributed by atoms with Gasteiger partial charge in [-0.2, -0.15) is 0 Å². The Hall–Kier alpha value is -4.29. The van der Waals surface area contributed by atoms with Gasteiger partial charge in [-0.15, -0.1) is 0 Å². The predicted molar refractivity (Wildman–Crippen MR) is 173 cm³/mol. The Morgan fingerprint density at radius 2 is 1.52 bits per heavy atom. The Bertz CT molecular complexity index is 1670. The number of para-hydroxylation sites is 1. The molecule has 2 aliphatic heterocycles. The Kier molecular flexibility index (Phi) is 7.90.